The van der Waals surface area contributed by atoms with Gasteiger partial charge in [-0.05, 0) is 48.7 Å². The highest BCUT2D eigenvalue weighted by Gasteiger charge is 2.36. The predicted molar refractivity (Wildman–Crippen MR) is 98.8 cm³/mol. The van der Waals surface area contributed by atoms with E-state index in [0.29, 0.717) is 0 Å². The number of carbonyl (C=O) groups excluding carboxylic acids is 1. The lowest BCUT2D eigenvalue weighted by atomic mass is 9.73. The second-order valence-corrected chi connectivity index (χ2v) is 7.35. The first-order valence-electron chi connectivity index (χ1n) is 8.29. The number of piperidine rings is 1. The van der Waals surface area contributed by atoms with Crippen molar-refractivity contribution in [3.05, 3.63) is 69.7 Å². The van der Waals surface area contributed by atoms with Crippen LogP contribution in [-0.2, 0) is 23.4 Å². The van der Waals surface area contributed by atoms with Gasteiger partial charge in [0.15, 0.2) is 0 Å². The first kappa shape index (κ1) is 17.3. The molecule has 0 radical (unpaired) electrons. The number of carbonyl (C=O) groups is 1. The molecular weight excluding hydrogens is 366 g/mol. The molecule has 0 aliphatic carbocycles. The quantitative estimate of drug-likeness (QED) is 0.795. The third-order valence-corrected chi connectivity index (χ3v) is 5.79. The first-order valence-corrected chi connectivity index (χ1v) is 9.08. The van der Waals surface area contributed by atoms with Gasteiger partial charge in [0.2, 0.25) is 0 Å². The second-order valence-electron chi connectivity index (χ2n) is 6.50. The maximum atomic E-state index is 11.9. The molecule has 0 unspecified atom stereocenters. The molecule has 2 aromatic carbocycles. The number of aliphatic hydroxyl groups is 1. The molecule has 0 bridgehead atoms. The lowest BCUT2D eigenvalue weighted by molar-refractivity contribution is -0.114. The molecule has 4 heteroatoms. The monoisotopic (exact) mass is 387 g/mol. The summed E-state index contributed by atoms with van der Waals surface area (Å²) in [7, 11) is 0. The van der Waals surface area contributed by atoms with Gasteiger partial charge in [-0.1, -0.05) is 58.4 Å². The van der Waals surface area contributed by atoms with Crippen LogP contribution in [0.15, 0.2) is 53.0 Å². The minimum atomic E-state index is -0.433. The summed E-state index contributed by atoms with van der Waals surface area (Å²) in [6.07, 6.45) is 2.74. The van der Waals surface area contributed by atoms with Crippen LogP contribution in [-0.4, -0.2) is 29.4 Å². The highest BCUT2D eigenvalue weighted by molar-refractivity contribution is 9.10. The highest BCUT2D eigenvalue weighted by atomic mass is 79.9. The molecule has 0 amide bonds. The van der Waals surface area contributed by atoms with E-state index in [-0.39, 0.29) is 6.61 Å². The summed E-state index contributed by atoms with van der Waals surface area (Å²) in [5.74, 6) is 0. The van der Waals surface area contributed by atoms with Gasteiger partial charge in [-0.3, -0.25) is 4.90 Å². The van der Waals surface area contributed by atoms with E-state index < -0.39 is 5.41 Å². The van der Waals surface area contributed by atoms with Crippen molar-refractivity contribution < 1.29 is 9.90 Å². The summed E-state index contributed by atoms with van der Waals surface area (Å²) in [6, 6.07) is 16.3. The average Bonchev–Trinajstić information content (AvgIpc) is 2.64. The van der Waals surface area contributed by atoms with E-state index in [0.717, 1.165) is 54.4 Å². The lowest BCUT2D eigenvalue weighted by Crippen LogP contribution is -2.43. The van der Waals surface area contributed by atoms with Gasteiger partial charge in [-0.15, -0.1) is 0 Å². The van der Waals surface area contributed by atoms with Crippen LogP contribution in [0.25, 0.3) is 0 Å². The molecule has 0 atom stereocenters. The minimum absolute atomic E-state index is 0.0243. The average molecular weight is 388 g/mol. The molecule has 1 N–H and O–H groups in total. The molecule has 1 heterocycles. The van der Waals surface area contributed by atoms with Crippen LogP contribution in [0.4, 0.5) is 0 Å². The summed E-state index contributed by atoms with van der Waals surface area (Å²) in [5.41, 5.74) is 2.73. The summed E-state index contributed by atoms with van der Waals surface area (Å²) < 4.78 is 0.885. The van der Waals surface area contributed by atoms with E-state index in [4.69, 9.17) is 0 Å². The zero-order valence-electron chi connectivity index (χ0n) is 13.6. The number of aldehydes is 1. The molecule has 0 spiro atoms. The Morgan fingerprint density at radius 2 is 1.83 bits per heavy atom. The van der Waals surface area contributed by atoms with Gasteiger partial charge in [-0.2, -0.15) is 0 Å². The van der Waals surface area contributed by atoms with Crippen molar-refractivity contribution in [3.8, 4) is 0 Å². The van der Waals surface area contributed by atoms with Gasteiger partial charge < -0.3 is 9.90 Å². The number of halogens is 1. The summed E-state index contributed by atoms with van der Waals surface area (Å²) in [5, 5.41) is 9.48. The topological polar surface area (TPSA) is 40.5 Å². The Bertz CT molecular complexity index is 694. The molecule has 0 saturated carbocycles. The largest absolute Gasteiger partial charge is 0.392 e. The number of hydrogen-bond donors (Lipinski definition) is 1. The summed E-state index contributed by atoms with van der Waals surface area (Å²) >= 11 is 3.44. The highest BCUT2D eigenvalue weighted by Crippen LogP contribution is 2.35. The van der Waals surface area contributed by atoms with Crippen LogP contribution in [0.1, 0.15) is 29.5 Å². The van der Waals surface area contributed by atoms with Gasteiger partial charge in [0, 0.05) is 11.0 Å². The molecule has 1 saturated heterocycles. The normalized spacial score (nSPS) is 17.6. The van der Waals surface area contributed by atoms with E-state index in [2.05, 4.69) is 45.1 Å². The molecule has 1 fully saturated rings. The molecule has 3 rings (SSSR count). The third-order valence-electron chi connectivity index (χ3n) is 5.01. The van der Waals surface area contributed by atoms with Crippen LogP contribution in [0, 0.1) is 0 Å². The molecule has 0 aromatic heterocycles. The second kappa shape index (κ2) is 7.60. The number of nitrogens with zero attached hydrogens (tertiary/aromatic N) is 1. The maximum Gasteiger partial charge on any atom is 0.130 e. The van der Waals surface area contributed by atoms with E-state index in [1.807, 2.05) is 24.3 Å². The molecule has 1 aliphatic heterocycles. The number of likely N-dealkylation sites (tertiary alicyclic amines) is 1. The maximum absolute atomic E-state index is 11.9. The molecule has 2 aromatic rings. The Hall–Kier alpha value is -1.49. The van der Waals surface area contributed by atoms with Crippen molar-refractivity contribution in [1.82, 2.24) is 4.90 Å². The molecule has 24 heavy (non-hydrogen) atoms. The summed E-state index contributed by atoms with van der Waals surface area (Å²) in [6.45, 7) is 2.71. The van der Waals surface area contributed by atoms with E-state index >= 15 is 0 Å². The SMILES string of the molecule is O=CC1(c2ccc(Br)c(CO)c2)CCN(Cc2ccccc2)CC1. The molecule has 1 aliphatic rings. The van der Waals surface area contributed by atoms with Crippen LogP contribution in [0.5, 0.6) is 0 Å². The van der Waals surface area contributed by atoms with E-state index in [1.54, 1.807) is 0 Å². The fraction of sp³-hybridized carbons (Fsp3) is 0.350. The van der Waals surface area contributed by atoms with Gasteiger partial charge >= 0.3 is 0 Å². The van der Waals surface area contributed by atoms with Crippen molar-refractivity contribution in [2.75, 3.05) is 13.1 Å². The number of rotatable bonds is 5. The van der Waals surface area contributed by atoms with Gasteiger partial charge in [0.05, 0.1) is 12.0 Å². The Kier molecular flexibility index (Phi) is 5.49. The van der Waals surface area contributed by atoms with E-state index in [1.165, 1.54) is 5.56 Å². The Labute approximate surface area is 151 Å². The fourth-order valence-corrected chi connectivity index (χ4v) is 3.80. The first-order chi connectivity index (χ1) is 11.7. The number of aliphatic hydroxyl groups excluding tert-OH is 1. The smallest absolute Gasteiger partial charge is 0.130 e. The number of hydrogen-bond acceptors (Lipinski definition) is 3. The fourth-order valence-electron chi connectivity index (χ4n) is 3.43. The third kappa shape index (κ3) is 3.61. The molecule has 126 valence electrons. The lowest BCUT2D eigenvalue weighted by Gasteiger charge is -2.39. The molecular formula is C20H22BrNO2. The van der Waals surface area contributed by atoms with Crippen LogP contribution < -0.4 is 0 Å². The van der Waals surface area contributed by atoms with Crippen molar-refractivity contribution in [3.63, 3.8) is 0 Å². The van der Waals surface area contributed by atoms with Crippen molar-refractivity contribution in [2.45, 2.75) is 31.4 Å². The number of benzene rings is 2. The minimum Gasteiger partial charge on any atom is -0.392 e. The van der Waals surface area contributed by atoms with Crippen molar-refractivity contribution >= 4 is 22.2 Å². The Balaban J connectivity index is 1.73. The molecule has 3 nitrogen and oxygen atoms in total. The Morgan fingerprint density at radius 3 is 2.46 bits per heavy atom. The van der Waals surface area contributed by atoms with Crippen molar-refractivity contribution in [2.24, 2.45) is 0 Å². The van der Waals surface area contributed by atoms with E-state index in [9.17, 15) is 9.90 Å². The van der Waals surface area contributed by atoms with Crippen LogP contribution in [0.3, 0.4) is 0 Å². The van der Waals surface area contributed by atoms with Gasteiger partial charge in [0.1, 0.15) is 6.29 Å². The van der Waals surface area contributed by atoms with Crippen LogP contribution >= 0.6 is 15.9 Å². The van der Waals surface area contributed by atoms with Crippen molar-refractivity contribution in [1.29, 1.82) is 0 Å². The zero-order valence-corrected chi connectivity index (χ0v) is 15.2. The standard InChI is InChI=1S/C20H22BrNO2/c21-19-7-6-18(12-17(19)14-23)20(15-24)8-10-22(11-9-20)13-16-4-2-1-3-5-16/h1-7,12,15,23H,8-11,13-14H2. The van der Waals surface area contributed by atoms with Gasteiger partial charge in [-0.25, -0.2) is 0 Å². The van der Waals surface area contributed by atoms with Crippen LogP contribution in [0.2, 0.25) is 0 Å². The Morgan fingerprint density at radius 1 is 1.12 bits per heavy atom. The summed E-state index contributed by atoms with van der Waals surface area (Å²) in [4.78, 5) is 14.3. The zero-order chi connectivity index (χ0) is 17.0. The predicted octanol–water partition coefficient (Wildman–Crippen LogP) is 3.67. The van der Waals surface area contributed by atoms with Gasteiger partial charge in [0.25, 0.3) is 0 Å².